The molecule has 0 aliphatic carbocycles. The number of nitrogens with one attached hydrogen (secondary N) is 1. The van der Waals surface area contributed by atoms with Crippen molar-refractivity contribution in [1.29, 1.82) is 0 Å². The Morgan fingerprint density at radius 2 is 2.29 bits per heavy atom. The van der Waals surface area contributed by atoms with E-state index in [0.29, 0.717) is 13.2 Å². The molecule has 0 bridgehead atoms. The van der Waals surface area contributed by atoms with Crippen LogP contribution < -0.4 is 5.32 Å². The SMILES string of the molecule is COCCn1cc(NC(=O)N2CCCC2)cn1. The van der Waals surface area contributed by atoms with Crippen LogP contribution in [0.3, 0.4) is 0 Å². The quantitative estimate of drug-likeness (QED) is 0.856. The molecule has 2 rings (SSSR count). The summed E-state index contributed by atoms with van der Waals surface area (Å²) >= 11 is 0. The van der Waals surface area contributed by atoms with E-state index in [2.05, 4.69) is 10.4 Å². The number of hydrogen-bond acceptors (Lipinski definition) is 3. The average Bonchev–Trinajstić information content (AvgIpc) is 2.97. The van der Waals surface area contributed by atoms with Gasteiger partial charge in [0.25, 0.3) is 0 Å². The van der Waals surface area contributed by atoms with Crippen LogP contribution in [0, 0.1) is 0 Å². The number of aromatic nitrogens is 2. The molecule has 1 aromatic rings. The second-order valence-electron chi connectivity index (χ2n) is 4.11. The Bertz CT molecular complexity index is 371. The number of amides is 2. The Labute approximate surface area is 101 Å². The number of carbonyl (C=O) groups excluding carboxylic acids is 1. The van der Waals surface area contributed by atoms with E-state index in [4.69, 9.17) is 4.74 Å². The number of anilines is 1. The summed E-state index contributed by atoms with van der Waals surface area (Å²) in [7, 11) is 1.65. The van der Waals surface area contributed by atoms with Crippen LogP contribution in [0.5, 0.6) is 0 Å². The van der Waals surface area contributed by atoms with Crippen LogP contribution in [0.25, 0.3) is 0 Å². The molecule has 17 heavy (non-hydrogen) atoms. The van der Waals surface area contributed by atoms with Gasteiger partial charge < -0.3 is 15.0 Å². The molecular weight excluding hydrogens is 220 g/mol. The molecule has 0 unspecified atom stereocenters. The molecule has 1 N–H and O–H groups in total. The fourth-order valence-electron chi connectivity index (χ4n) is 1.86. The standard InChI is InChI=1S/C11H18N4O2/c1-17-7-6-15-9-10(8-12-15)13-11(16)14-4-2-3-5-14/h8-9H,2-7H2,1H3,(H,13,16). The summed E-state index contributed by atoms with van der Waals surface area (Å²) in [5, 5.41) is 6.98. The van der Waals surface area contributed by atoms with Crippen molar-refractivity contribution in [3.63, 3.8) is 0 Å². The third-order valence-electron chi connectivity index (χ3n) is 2.80. The van der Waals surface area contributed by atoms with E-state index in [0.717, 1.165) is 31.6 Å². The van der Waals surface area contributed by atoms with Crippen LogP contribution in [0.1, 0.15) is 12.8 Å². The predicted molar refractivity (Wildman–Crippen MR) is 63.9 cm³/mol. The summed E-state index contributed by atoms with van der Waals surface area (Å²) in [6.07, 6.45) is 5.66. The van der Waals surface area contributed by atoms with Crippen molar-refractivity contribution in [3.05, 3.63) is 12.4 Å². The minimum Gasteiger partial charge on any atom is -0.383 e. The first-order valence-electron chi connectivity index (χ1n) is 5.87. The van der Waals surface area contributed by atoms with Crippen molar-refractivity contribution in [2.24, 2.45) is 0 Å². The first-order chi connectivity index (χ1) is 8.29. The smallest absolute Gasteiger partial charge is 0.321 e. The highest BCUT2D eigenvalue weighted by molar-refractivity contribution is 5.89. The van der Waals surface area contributed by atoms with E-state index < -0.39 is 0 Å². The lowest BCUT2D eigenvalue weighted by Crippen LogP contribution is -2.31. The molecule has 1 saturated heterocycles. The molecule has 94 valence electrons. The normalized spacial score (nSPS) is 15.2. The Kier molecular flexibility index (Phi) is 3.98. The highest BCUT2D eigenvalue weighted by Crippen LogP contribution is 2.11. The summed E-state index contributed by atoms with van der Waals surface area (Å²) in [6.45, 7) is 3.00. The van der Waals surface area contributed by atoms with Gasteiger partial charge in [-0.1, -0.05) is 0 Å². The molecule has 6 nitrogen and oxygen atoms in total. The molecule has 1 aliphatic rings. The van der Waals surface area contributed by atoms with Crippen molar-refractivity contribution in [3.8, 4) is 0 Å². The molecule has 0 atom stereocenters. The number of methoxy groups -OCH3 is 1. The van der Waals surface area contributed by atoms with E-state index in [9.17, 15) is 4.79 Å². The fraction of sp³-hybridized carbons (Fsp3) is 0.636. The van der Waals surface area contributed by atoms with Crippen LogP contribution in [0.4, 0.5) is 10.5 Å². The third-order valence-corrected chi connectivity index (χ3v) is 2.80. The molecule has 1 aromatic heterocycles. The van der Waals surface area contributed by atoms with Gasteiger partial charge in [0.2, 0.25) is 0 Å². The average molecular weight is 238 g/mol. The lowest BCUT2D eigenvalue weighted by atomic mass is 10.4. The van der Waals surface area contributed by atoms with Gasteiger partial charge in [-0.25, -0.2) is 4.79 Å². The van der Waals surface area contributed by atoms with Gasteiger partial charge in [-0.15, -0.1) is 0 Å². The molecular formula is C11H18N4O2. The van der Waals surface area contributed by atoms with E-state index in [1.54, 1.807) is 18.0 Å². The zero-order valence-electron chi connectivity index (χ0n) is 10.1. The number of likely N-dealkylation sites (tertiary alicyclic amines) is 1. The maximum absolute atomic E-state index is 11.8. The maximum Gasteiger partial charge on any atom is 0.321 e. The number of urea groups is 1. The second kappa shape index (κ2) is 5.67. The summed E-state index contributed by atoms with van der Waals surface area (Å²) in [6, 6.07) is -0.0335. The summed E-state index contributed by atoms with van der Waals surface area (Å²) in [5.74, 6) is 0. The molecule has 0 saturated carbocycles. The van der Waals surface area contributed by atoms with Gasteiger partial charge in [0.15, 0.2) is 0 Å². The number of ether oxygens (including phenoxy) is 1. The fourth-order valence-corrected chi connectivity index (χ4v) is 1.86. The van der Waals surface area contributed by atoms with Gasteiger partial charge >= 0.3 is 6.03 Å². The Morgan fingerprint density at radius 3 is 3.00 bits per heavy atom. The number of hydrogen-bond donors (Lipinski definition) is 1. The van der Waals surface area contributed by atoms with Gasteiger partial charge in [-0.05, 0) is 12.8 Å². The van der Waals surface area contributed by atoms with Crippen LogP contribution in [-0.4, -0.2) is 47.5 Å². The van der Waals surface area contributed by atoms with E-state index in [1.165, 1.54) is 0 Å². The summed E-state index contributed by atoms with van der Waals surface area (Å²) < 4.78 is 6.71. The zero-order valence-corrected chi connectivity index (χ0v) is 10.1. The monoisotopic (exact) mass is 238 g/mol. The Morgan fingerprint density at radius 1 is 1.53 bits per heavy atom. The zero-order chi connectivity index (χ0) is 12.1. The Hall–Kier alpha value is -1.56. The van der Waals surface area contributed by atoms with Crippen LogP contribution in [0.2, 0.25) is 0 Å². The Balaban J connectivity index is 1.85. The van der Waals surface area contributed by atoms with E-state index >= 15 is 0 Å². The summed E-state index contributed by atoms with van der Waals surface area (Å²) in [5.41, 5.74) is 0.734. The molecule has 2 heterocycles. The molecule has 6 heteroatoms. The minimum absolute atomic E-state index is 0.0335. The molecule has 1 aliphatic heterocycles. The van der Waals surface area contributed by atoms with Crippen molar-refractivity contribution in [2.75, 3.05) is 32.1 Å². The number of rotatable bonds is 4. The van der Waals surface area contributed by atoms with E-state index in [1.807, 2.05) is 11.1 Å². The largest absolute Gasteiger partial charge is 0.383 e. The van der Waals surface area contributed by atoms with Crippen LogP contribution in [0.15, 0.2) is 12.4 Å². The maximum atomic E-state index is 11.8. The summed E-state index contributed by atoms with van der Waals surface area (Å²) in [4.78, 5) is 13.6. The van der Waals surface area contributed by atoms with Crippen LogP contribution >= 0.6 is 0 Å². The van der Waals surface area contributed by atoms with Gasteiger partial charge in [-0.3, -0.25) is 4.68 Å². The lowest BCUT2D eigenvalue weighted by Gasteiger charge is -2.14. The predicted octanol–water partition coefficient (Wildman–Crippen LogP) is 1.16. The lowest BCUT2D eigenvalue weighted by molar-refractivity contribution is 0.183. The molecule has 0 aromatic carbocycles. The molecule has 0 radical (unpaired) electrons. The minimum atomic E-state index is -0.0335. The first-order valence-corrected chi connectivity index (χ1v) is 5.87. The van der Waals surface area contributed by atoms with Crippen molar-refractivity contribution < 1.29 is 9.53 Å². The van der Waals surface area contributed by atoms with Gasteiger partial charge in [0.05, 0.1) is 25.0 Å². The highest BCUT2D eigenvalue weighted by atomic mass is 16.5. The topological polar surface area (TPSA) is 59.4 Å². The highest BCUT2D eigenvalue weighted by Gasteiger charge is 2.17. The number of carbonyl (C=O) groups is 1. The van der Waals surface area contributed by atoms with Crippen LogP contribution in [-0.2, 0) is 11.3 Å². The van der Waals surface area contributed by atoms with Crippen molar-refractivity contribution >= 4 is 11.7 Å². The number of nitrogens with zero attached hydrogens (tertiary/aromatic N) is 3. The molecule has 2 amide bonds. The first kappa shape index (κ1) is 11.9. The van der Waals surface area contributed by atoms with Gasteiger partial charge in [-0.2, -0.15) is 5.10 Å². The van der Waals surface area contributed by atoms with Gasteiger partial charge in [0.1, 0.15) is 0 Å². The van der Waals surface area contributed by atoms with Crippen molar-refractivity contribution in [2.45, 2.75) is 19.4 Å². The van der Waals surface area contributed by atoms with E-state index in [-0.39, 0.29) is 6.03 Å². The van der Waals surface area contributed by atoms with Gasteiger partial charge in [0, 0.05) is 26.4 Å². The molecule has 1 fully saturated rings. The molecule has 0 spiro atoms. The van der Waals surface area contributed by atoms with Crippen molar-refractivity contribution in [1.82, 2.24) is 14.7 Å². The second-order valence-corrected chi connectivity index (χ2v) is 4.11. The third kappa shape index (κ3) is 3.20.